The molecule has 3 aromatic rings. The van der Waals surface area contributed by atoms with Crippen molar-refractivity contribution in [3.05, 3.63) is 83.0 Å². The van der Waals surface area contributed by atoms with E-state index in [1.54, 1.807) is 48.7 Å². The van der Waals surface area contributed by atoms with Gasteiger partial charge < -0.3 is 20.9 Å². The first kappa shape index (κ1) is 21.9. The van der Waals surface area contributed by atoms with E-state index in [1.165, 1.54) is 18.2 Å². The zero-order chi connectivity index (χ0) is 22.2. The number of ether oxygens (including phenoxy) is 1. The predicted octanol–water partition coefficient (Wildman–Crippen LogP) is 3.89. The molecule has 1 aromatic heterocycles. The second-order valence-electron chi connectivity index (χ2n) is 6.52. The lowest BCUT2D eigenvalue weighted by Crippen LogP contribution is -2.26. The monoisotopic (exact) mass is 437 g/mol. The minimum absolute atomic E-state index is 0.219. The number of aromatic carboxylic acids is 1. The molecule has 0 bridgehead atoms. The average molecular weight is 438 g/mol. The number of halogens is 1. The molecule has 4 N–H and O–H groups in total. The number of aromatic nitrogens is 1. The van der Waals surface area contributed by atoms with E-state index in [0.29, 0.717) is 23.1 Å². The maximum atomic E-state index is 11.9. The Kier molecular flexibility index (Phi) is 7.24. The Hall–Kier alpha value is -3.84. The zero-order valence-electron chi connectivity index (χ0n) is 16.4. The van der Waals surface area contributed by atoms with Crippen LogP contribution in [0.15, 0.2) is 66.9 Å². The molecular weight excluding hydrogens is 418 g/mol. The Balaban J connectivity index is 1.48. The van der Waals surface area contributed by atoms with Crippen LogP contribution in [0.25, 0.3) is 17.2 Å². The molecule has 0 aliphatic carbocycles. The number of carboxylic acid groups (broad SMARTS) is 1. The number of hydrogen-bond donors (Lipinski definition) is 3. The molecule has 158 valence electrons. The number of amides is 1. The fraction of sp³-hybridized carbons (Fsp3) is 0.0870. The topological polar surface area (TPSA) is 115 Å². The number of rotatable bonds is 8. The van der Waals surface area contributed by atoms with Crippen LogP contribution in [0.5, 0.6) is 5.75 Å². The van der Waals surface area contributed by atoms with Gasteiger partial charge in [0.2, 0.25) is 5.91 Å². The highest BCUT2D eigenvalue weighted by Gasteiger charge is 2.07. The van der Waals surface area contributed by atoms with Crippen LogP contribution in [-0.2, 0) is 4.79 Å². The van der Waals surface area contributed by atoms with Gasteiger partial charge in [-0.15, -0.1) is 0 Å². The molecule has 3 rings (SSSR count). The van der Waals surface area contributed by atoms with Gasteiger partial charge in [-0.1, -0.05) is 29.8 Å². The van der Waals surface area contributed by atoms with Crippen LogP contribution in [0.4, 0.5) is 5.82 Å². The van der Waals surface area contributed by atoms with Crippen molar-refractivity contribution in [2.45, 2.75) is 0 Å². The Labute approximate surface area is 184 Å². The van der Waals surface area contributed by atoms with Gasteiger partial charge in [0, 0.05) is 12.3 Å². The quantitative estimate of drug-likeness (QED) is 0.364. The number of hydrogen-bond acceptors (Lipinski definition) is 5. The van der Waals surface area contributed by atoms with Crippen LogP contribution in [0, 0.1) is 0 Å². The van der Waals surface area contributed by atoms with Gasteiger partial charge in [0.15, 0.2) is 0 Å². The molecule has 0 spiro atoms. The normalized spacial score (nSPS) is 10.7. The van der Waals surface area contributed by atoms with E-state index in [4.69, 9.17) is 27.2 Å². The van der Waals surface area contributed by atoms with Crippen LogP contribution in [0.3, 0.4) is 0 Å². The van der Waals surface area contributed by atoms with Gasteiger partial charge in [-0.3, -0.25) is 4.79 Å². The van der Waals surface area contributed by atoms with Crippen molar-refractivity contribution in [1.82, 2.24) is 10.3 Å². The zero-order valence-corrected chi connectivity index (χ0v) is 17.2. The Morgan fingerprint density at radius 3 is 2.48 bits per heavy atom. The lowest BCUT2D eigenvalue weighted by molar-refractivity contribution is -0.116. The molecule has 0 fully saturated rings. The fourth-order valence-corrected chi connectivity index (χ4v) is 2.92. The van der Waals surface area contributed by atoms with Gasteiger partial charge in [0.05, 0.1) is 17.1 Å². The van der Waals surface area contributed by atoms with E-state index in [2.05, 4.69) is 10.3 Å². The summed E-state index contributed by atoms with van der Waals surface area (Å²) in [6.07, 6.45) is 4.63. The third kappa shape index (κ3) is 6.32. The Morgan fingerprint density at radius 1 is 1.10 bits per heavy atom. The summed E-state index contributed by atoms with van der Waals surface area (Å²) in [4.78, 5) is 26.8. The smallest absolute Gasteiger partial charge is 0.335 e. The highest BCUT2D eigenvalue weighted by Crippen LogP contribution is 2.30. The van der Waals surface area contributed by atoms with Crippen molar-refractivity contribution in [3.63, 3.8) is 0 Å². The number of nitrogens with two attached hydrogens (primary N) is 1. The number of carboxylic acids is 1. The first-order chi connectivity index (χ1) is 14.9. The largest absolute Gasteiger partial charge is 0.490 e. The molecule has 2 aromatic carbocycles. The maximum Gasteiger partial charge on any atom is 0.335 e. The molecule has 8 heteroatoms. The van der Waals surface area contributed by atoms with Crippen molar-refractivity contribution in [2.24, 2.45) is 0 Å². The summed E-state index contributed by atoms with van der Waals surface area (Å²) >= 11 is 6.30. The van der Waals surface area contributed by atoms with E-state index in [9.17, 15) is 9.59 Å². The molecule has 0 unspecified atom stereocenters. The van der Waals surface area contributed by atoms with E-state index in [-0.39, 0.29) is 18.1 Å². The number of nitrogens with zero attached hydrogens (tertiary/aromatic N) is 1. The number of carbonyl (C=O) groups is 2. The first-order valence-electron chi connectivity index (χ1n) is 9.36. The van der Waals surface area contributed by atoms with E-state index < -0.39 is 5.97 Å². The van der Waals surface area contributed by atoms with E-state index >= 15 is 0 Å². The molecule has 0 aliphatic rings. The van der Waals surface area contributed by atoms with Crippen LogP contribution in [0.1, 0.15) is 15.9 Å². The highest BCUT2D eigenvalue weighted by atomic mass is 35.5. The predicted molar refractivity (Wildman–Crippen MR) is 120 cm³/mol. The van der Waals surface area contributed by atoms with Gasteiger partial charge in [-0.25, -0.2) is 9.78 Å². The maximum absolute atomic E-state index is 11.9. The molecule has 0 saturated carbocycles. The number of nitrogens with one attached hydrogen (secondary N) is 1. The molecule has 31 heavy (non-hydrogen) atoms. The van der Waals surface area contributed by atoms with Crippen LogP contribution < -0.4 is 15.8 Å². The lowest BCUT2D eigenvalue weighted by atomic mass is 10.0. The highest BCUT2D eigenvalue weighted by molar-refractivity contribution is 6.32. The fourth-order valence-electron chi connectivity index (χ4n) is 2.68. The molecule has 1 heterocycles. The summed E-state index contributed by atoms with van der Waals surface area (Å²) in [7, 11) is 0. The minimum Gasteiger partial charge on any atom is -0.490 e. The Bertz CT molecular complexity index is 1100. The summed E-state index contributed by atoms with van der Waals surface area (Å²) < 4.78 is 5.63. The van der Waals surface area contributed by atoms with Gasteiger partial charge in [-0.05, 0) is 59.2 Å². The number of benzene rings is 2. The van der Waals surface area contributed by atoms with Gasteiger partial charge in [-0.2, -0.15) is 0 Å². The Morgan fingerprint density at radius 2 is 1.84 bits per heavy atom. The third-order valence-corrected chi connectivity index (χ3v) is 4.59. The van der Waals surface area contributed by atoms with Crippen LogP contribution in [0.2, 0.25) is 5.02 Å². The third-order valence-electron chi connectivity index (χ3n) is 4.29. The molecule has 0 atom stereocenters. The SMILES string of the molecule is Nc1ccc(C=CC(=O)NCCOc2ccc(-c3ccc(C(=O)O)cc3)cc2Cl)cn1. The van der Waals surface area contributed by atoms with Crippen LogP contribution in [-0.4, -0.2) is 35.1 Å². The first-order valence-corrected chi connectivity index (χ1v) is 9.74. The van der Waals surface area contributed by atoms with Crippen molar-refractivity contribution < 1.29 is 19.4 Å². The summed E-state index contributed by atoms with van der Waals surface area (Å²) in [6, 6.07) is 15.3. The van der Waals surface area contributed by atoms with Crippen molar-refractivity contribution in [2.75, 3.05) is 18.9 Å². The van der Waals surface area contributed by atoms with E-state index in [1.807, 2.05) is 6.07 Å². The molecule has 0 radical (unpaired) electrons. The molecule has 0 aliphatic heterocycles. The number of nitrogen functional groups attached to an aromatic ring is 1. The summed E-state index contributed by atoms with van der Waals surface area (Å²) in [5.74, 6) is -0.323. The molecule has 7 nitrogen and oxygen atoms in total. The second-order valence-corrected chi connectivity index (χ2v) is 6.92. The summed E-state index contributed by atoms with van der Waals surface area (Å²) in [5.41, 5.74) is 8.19. The molecular formula is C23H20ClN3O4. The van der Waals surface area contributed by atoms with Crippen molar-refractivity contribution in [3.8, 4) is 16.9 Å². The van der Waals surface area contributed by atoms with Crippen LogP contribution >= 0.6 is 11.6 Å². The standard InChI is InChI=1S/C23H20ClN3O4/c24-19-13-18(16-3-5-17(6-4-16)23(29)30)7-8-20(19)31-12-11-26-22(28)10-2-15-1-9-21(25)27-14-15/h1-10,13-14H,11-12H2,(H2,25,27)(H,26,28)(H,29,30). The number of carbonyl (C=O) groups excluding carboxylic acids is 1. The van der Waals surface area contributed by atoms with Crippen molar-refractivity contribution >= 4 is 35.4 Å². The van der Waals surface area contributed by atoms with Crippen molar-refractivity contribution in [1.29, 1.82) is 0 Å². The van der Waals surface area contributed by atoms with Gasteiger partial charge >= 0.3 is 5.97 Å². The van der Waals surface area contributed by atoms with E-state index in [0.717, 1.165) is 16.7 Å². The number of anilines is 1. The van der Waals surface area contributed by atoms with Gasteiger partial charge in [0.1, 0.15) is 18.2 Å². The lowest BCUT2D eigenvalue weighted by Gasteiger charge is -2.10. The summed E-state index contributed by atoms with van der Waals surface area (Å²) in [6.45, 7) is 0.549. The van der Waals surface area contributed by atoms with Gasteiger partial charge in [0.25, 0.3) is 0 Å². The average Bonchev–Trinajstić information content (AvgIpc) is 2.77. The minimum atomic E-state index is -0.974. The molecule has 0 saturated heterocycles. The second kappa shape index (κ2) is 10.3. The summed E-state index contributed by atoms with van der Waals surface area (Å²) in [5, 5.41) is 12.1. The number of pyridine rings is 1. The molecule has 1 amide bonds.